The van der Waals surface area contributed by atoms with Crippen LogP contribution in [0.1, 0.15) is 31.3 Å². The van der Waals surface area contributed by atoms with Crippen molar-refractivity contribution in [3.63, 3.8) is 0 Å². The smallest absolute Gasteiger partial charge is 0.190 e. The first-order valence-corrected chi connectivity index (χ1v) is 11.7. The Bertz CT molecular complexity index is 882. The van der Waals surface area contributed by atoms with Crippen LogP contribution >= 0.6 is 11.6 Å². The molecule has 2 aromatic carbocycles. The predicted molar refractivity (Wildman–Crippen MR) is 120 cm³/mol. The monoisotopic (exact) mass is 459 g/mol. The van der Waals surface area contributed by atoms with E-state index in [0.717, 1.165) is 18.7 Å². The lowest BCUT2D eigenvalue weighted by Gasteiger charge is -2.41. The number of hydrogen-bond donors (Lipinski definition) is 0. The van der Waals surface area contributed by atoms with Gasteiger partial charge in [0.25, 0.3) is 0 Å². The van der Waals surface area contributed by atoms with Crippen LogP contribution in [0.5, 0.6) is 0 Å². The Morgan fingerprint density at radius 2 is 1.56 bits per heavy atom. The van der Waals surface area contributed by atoms with E-state index in [4.69, 9.17) is 35.3 Å². The highest BCUT2D eigenvalue weighted by Crippen LogP contribution is 2.45. The van der Waals surface area contributed by atoms with Gasteiger partial charge in [-0.3, -0.25) is 4.90 Å². The summed E-state index contributed by atoms with van der Waals surface area (Å²) in [5.41, 5.74) is 2.21. The minimum absolute atomic E-state index is 0.216. The Kier molecular flexibility index (Phi) is 6.54. The van der Waals surface area contributed by atoms with Crippen LogP contribution in [-0.2, 0) is 30.2 Å². The maximum absolute atomic E-state index is 6.48. The summed E-state index contributed by atoms with van der Waals surface area (Å²) in [5.74, 6) is -0.156. The summed E-state index contributed by atoms with van der Waals surface area (Å²) >= 11 is 6.15. The average molecular weight is 460 g/mol. The summed E-state index contributed by atoms with van der Waals surface area (Å²) in [7, 11) is 0. The van der Waals surface area contributed by atoms with Gasteiger partial charge in [0.05, 0.1) is 0 Å². The van der Waals surface area contributed by atoms with Gasteiger partial charge in [-0.2, -0.15) is 0 Å². The third-order valence-corrected chi connectivity index (χ3v) is 6.30. The van der Waals surface area contributed by atoms with Gasteiger partial charge in [-0.25, -0.2) is 0 Å². The molecule has 0 amide bonds. The Morgan fingerprint density at radius 3 is 2.28 bits per heavy atom. The fraction of sp³-hybridized carbons (Fsp3) is 0.520. The standard InChI is InChI=1S/C25H30ClNO5/c1-25(2)31-22-21-20(29-24(22)32-25)19(28-23(30-21)18-11-7-4-8-12-18)16-27(14-13-26)15-17-9-5-3-6-10-17/h3-12,19-24H,13-16H2,1-2H3/t19-,20+,21-,22-,23-,24+/m0/s1. The first-order valence-electron chi connectivity index (χ1n) is 11.2. The van der Waals surface area contributed by atoms with Crippen LogP contribution in [0.3, 0.4) is 0 Å². The van der Waals surface area contributed by atoms with Gasteiger partial charge in [0.2, 0.25) is 0 Å². The molecule has 0 unspecified atom stereocenters. The van der Waals surface area contributed by atoms with Crippen molar-refractivity contribution < 1.29 is 23.7 Å². The molecular weight excluding hydrogens is 430 g/mol. The van der Waals surface area contributed by atoms with Crippen molar-refractivity contribution in [2.45, 2.75) is 63.2 Å². The van der Waals surface area contributed by atoms with Crippen molar-refractivity contribution in [2.24, 2.45) is 0 Å². The summed E-state index contributed by atoms with van der Waals surface area (Å²) < 4.78 is 31.3. The van der Waals surface area contributed by atoms with E-state index in [1.165, 1.54) is 5.56 Å². The van der Waals surface area contributed by atoms with E-state index in [9.17, 15) is 0 Å². The number of ether oxygens (including phenoxy) is 5. The highest BCUT2D eigenvalue weighted by atomic mass is 35.5. The lowest BCUT2D eigenvalue weighted by atomic mass is 10.0. The first kappa shape index (κ1) is 22.3. The summed E-state index contributed by atoms with van der Waals surface area (Å²) in [5, 5.41) is 0. The molecule has 7 heteroatoms. The number of alkyl halides is 1. The lowest BCUT2D eigenvalue weighted by Crippen LogP contribution is -2.53. The van der Waals surface area contributed by atoms with Crippen molar-refractivity contribution in [3.8, 4) is 0 Å². The zero-order valence-electron chi connectivity index (χ0n) is 18.4. The number of hydrogen-bond acceptors (Lipinski definition) is 6. The van der Waals surface area contributed by atoms with Crippen molar-refractivity contribution >= 4 is 11.6 Å². The normalized spacial score (nSPS) is 33.2. The fourth-order valence-electron chi connectivity index (χ4n) is 4.73. The van der Waals surface area contributed by atoms with E-state index in [2.05, 4.69) is 29.2 Å². The van der Waals surface area contributed by atoms with Crippen molar-refractivity contribution in [1.29, 1.82) is 0 Å². The SMILES string of the molecule is CC1(C)O[C@H]2O[C@H]3[C@H](O[C@@H](c4ccccc4)O[C@H]3CN(CCCl)Cc3ccccc3)[C@@H]2O1. The van der Waals surface area contributed by atoms with Gasteiger partial charge in [0.15, 0.2) is 18.4 Å². The van der Waals surface area contributed by atoms with Crippen LogP contribution in [-0.4, -0.2) is 60.4 Å². The maximum atomic E-state index is 6.48. The number of rotatable bonds is 7. The number of halogens is 1. The van der Waals surface area contributed by atoms with Gasteiger partial charge in [0, 0.05) is 31.1 Å². The molecule has 3 saturated heterocycles. The van der Waals surface area contributed by atoms with Crippen LogP contribution in [0, 0.1) is 0 Å². The minimum Gasteiger partial charge on any atom is -0.341 e. The largest absolute Gasteiger partial charge is 0.341 e. The third kappa shape index (κ3) is 4.73. The van der Waals surface area contributed by atoms with Crippen LogP contribution in [0.15, 0.2) is 60.7 Å². The van der Waals surface area contributed by atoms with Gasteiger partial charge < -0.3 is 23.7 Å². The first-order chi connectivity index (χ1) is 15.5. The Labute approximate surface area is 194 Å². The maximum Gasteiger partial charge on any atom is 0.190 e. The number of nitrogens with zero attached hydrogens (tertiary/aromatic N) is 1. The quantitative estimate of drug-likeness (QED) is 0.581. The summed E-state index contributed by atoms with van der Waals surface area (Å²) in [6.07, 6.45) is -2.02. The molecule has 0 radical (unpaired) electrons. The van der Waals surface area contributed by atoms with Crippen molar-refractivity contribution in [2.75, 3.05) is 19.0 Å². The van der Waals surface area contributed by atoms with E-state index < -0.39 is 18.4 Å². The fourth-order valence-corrected chi connectivity index (χ4v) is 4.97. The van der Waals surface area contributed by atoms with E-state index >= 15 is 0 Å². The van der Waals surface area contributed by atoms with Crippen LogP contribution in [0.4, 0.5) is 0 Å². The van der Waals surface area contributed by atoms with Gasteiger partial charge in [0.1, 0.15) is 24.4 Å². The zero-order chi connectivity index (χ0) is 22.1. The second-order valence-electron chi connectivity index (χ2n) is 9.00. The third-order valence-electron chi connectivity index (χ3n) is 6.13. The molecule has 0 spiro atoms. The molecule has 0 N–H and O–H groups in total. The van der Waals surface area contributed by atoms with Crippen LogP contribution in [0.2, 0.25) is 0 Å². The highest BCUT2D eigenvalue weighted by Gasteiger charge is 2.60. The molecule has 172 valence electrons. The molecule has 0 aliphatic carbocycles. The number of benzene rings is 2. The summed E-state index contributed by atoms with van der Waals surface area (Å²) in [6, 6.07) is 20.4. The molecule has 6 atom stereocenters. The highest BCUT2D eigenvalue weighted by molar-refractivity contribution is 6.18. The van der Waals surface area contributed by atoms with Gasteiger partial charge in [-0.05, 0) is 19.4 Å². The molecule has 3 heterocycles. The molecule has 0 aromatic heterocycles. The van der Waals surface area contributed by atoms with Gasteiger partial charge in [-0.1, -0.05) is 60.7 Å². The van der Waals surface area contributed by atoms with Crippen molar-refractivity contribution in [3.05, 3.63) is 71.8 Å². The molecule has 5 rings (SSSR count). The summed E-state index contributed by atoms with van der Waals surface area (Å²) in [6.45, 7) is 6.00. The van der Waals surface area contributed by atoms with Gasteiger partial charge in [-0.15, -0.1) is 11.6 Å². The molecule has 32 heavy (non-hydrogen) atoms. The second kappa shape index (κ2) is 9.39. The molecule has 3 aliphatic heterocycles. The van der Waals surface area contributed by atoms with E-state index in [1.807, 2.05) is 50.2 Å². The molecule has 2 aromatic rings. The summed E-state index contributed by atoms with van der Waals surface area (Å²) in [4.78, 5) is 2.31. The predicted octanol–water partition coefficient (Wildman–Crippen LogP) is 4.09. The Hall–Kier alpha value is -1.51. The molecule has 0 bridgehead atoms. The topological polar surface area (TPSA) is 49.4 Å². The lowest BCUT2D eigenvalue weighted by molar-refractivity contribution is -0.311. The average Bonchev–Trinajstić information content (AvgIpc) is 3.27. The van der Waals surface area contributed by atoms with Crippen LogP contribution < -0.4 is 0 Å². The van der Waals surface area contributed by atoms with E-state index in [-0.39, 0.29) is 24.4 Å². The minimum atomic E-state index is -0.697. The zero-order valence-corrected chi connectivity index (χ0v) is 19.2. The molecule has 6 nitrogen and oxygen atoms in total. The Morgan fingerprint density at radius 1 is 0.844 bits per heavy atom. The number of fused-ring (bicyclic) bond motifs is 3. The van der Waals surface area contributed by atoms with E-state index in [1.54, 1.807) is 0 Å². The Balaban J connectivity index is 1.38. The van der Waals surface area contributed by atoms with Gasteiger partial charge >= 0.3 is 0 Å². The molecular formula is C25H30ClNO5. The van der Waals surface area contributed by atoms with E-state index in [0.29, 0.717) is 12.4 Å². The molecule has 3 aliphatic rings. The second-order valence-corrected chi connectivity index (χ2v) is 9.37. The molecule has 3 fully saturated rings. The van der Waals surface area contributed by atoms with Crippen molar-refractivity contribution in [1.82, 2.24) is 4.90 Å². The van der Waals surface area contributed by atoms with Crippen LogP contribution in [0.25, 0.3) is 0 Å². The molecule has 0 saturated carbocycles.